The maximum absolute atomic E-state index is 13.2. The molecule has 0 radical (unpaired) electrons. The lowest BCUT2D eigenvalue weighted by atomic mass is 9.81. The average molecular weight is 358 g/mol. The number of phenolic OH excluding ortho intramolecular Hbond substituents is 1. The predicted molar refractivity (Wildman–Crippen MR) is 98.1 cm³/mol. The normalized spacial score (nSPS) is 18.0. The van der Waals surface area contributed by atoms with Gasteiger partial charge in [-0.05, 0) is 29.0 Å². The number of Topliss-reactive ketones (excluding diaryl/α,β-unsaturated/α-hetero) is 2. The molecule has 132 valence electrons. The van der Waals surface area contributed by atoms with E-state index in [2.05, 4.69) is 0 Å². The van der Waals surface area contributed by atoms with Crippen LogP contribution in [-0.4, -0.2) is 23.8 Å². The highest BCUT2D eigenvalue weighted by molar-refractivity contribution is 6.27. The molecular weight excluding hydrogens is 344 g/mol. The molecule has 1 aliphatic carbocycles. The molecule has 1 aliphatic heterocycles. The summed E-state index contributed by atoms with van der Waals surface area (Å²) in [6.07, 6.45) is -0.734. The lowest BCUT2D eigenvalue weighted by molar-refractivity contribution is 0.0806. The van der Waals surface area contributed by atoms with Crippen LogP contribution in [0.5, 0.6) is 11.5 Å². The predicted octanol–water partition coefficient (Wildman–Crippen LogP) is 3.96. The third-order valence-corrected chi connectivity index (χ3v) is 5.09. The highest BCUT2D eigenvalue weighted by Gasteiger charge is 2.42. The van der Waals surface area contributed by atoms with E-state index in [1.165, 1.54) is 7.11 Å². The number of rotatable bonds is 1. The molecular formula is C22H14O5. The number of carbonyl (C=O) groups is 2. The zero-order chi connectivity index (χ0) is 18.7. The molecule has 0 spiro atoms. The third kappa shape index (κ3) is 2.09. The van der Waals surface area contributed by atoms with E-state index in [-0.39, 0.29) is 28.6 Å². The fourth-order valence-electron chi connectivity index (χ4n) is 3.88. The highest BCUT2D eigenvalue weighted by Crippen LogP contribution is 2.47. The third-order valence-electron chi connectivity index (χ3n) is 5.09. The number of aromatic hydroxyl groups is 1. The van der Waals surface area contributed by atoms with Crippen LogP contribution in [-0.2, 0) is 4.74 Å². The molecule has 3 aromatic carbocycles. The Bertz CT molecular complexity index is 1190. The van der Waals surface area contributed by atoms with E-state index in [1.807, 2.05) is 0 Å². The van der Waals surface area contributed by atoms with E-state index in [9.17, 15) is 14.7 Å². The van der Waals surface area contributed by atoms with Crippen molar-refractivity contribution in [2.75, 3.05) is 7.11 Å². The first kappa shape index (κ1) is 15.8. The molecule has 0 fully saturated rings. The summed E-state index contributed by atoms with van der Waals surface area (Å²) in [6.45, 7) is 0. The number of carbonyl (C=O) groups excluding carboxylic acids is 2. The van der Waals surface area contributed by atoms with Gasteiger partial charge in [-0.2, -0.15) is 0 Å². The van der Waals surface area contributed by atoms with Crippen molar-refractivity contribution in [1.82, 2.24) is 0 Å². The molecule has 3 aromatic rings. The first-order chi connectivity index (χ1) is 13.1. The number of hydrogen-bond donors (Lipinski definition) is 1. The second-order valence-electron chi connectivity index (χ2n) is 6.55. The summed E-state index contributed by atoms with van der Waals surface area (Å²) in [5.74, 6) is 0.0496. The monoisotopic (exact) mass is 358 g/mol. The average Bonchev–Trinajstić information content (AvgIpc) is 2.70. The van der Waals surface area contributed by atoms with Crippen LogP contribution in [0.2, 0.25) is 0 Å². The van der Waals surface area contributed by atoms with Gasteiger partial charge in [0.25, 0.3) is 0 Å². The smallest absolute Gasteiger partial charge is 0.229 e. The van der Waals surface area contributed by atoms with Gasteiger partial charge < -0.3 is 14.6 Å². The van der Waals surface area contributed by atoms with Gasteiger partial charge in [-0.25, -0.2) is 0 Å². The van der Waals surface area contributed by atoms with E-state index in [0.717, 1.165) is 10.8 Å². The quantitative estimate of drug-likeness (QED) is 0.713. The first-order valence-electron chi connectivity index (χ1n) is 8.49. The minimum absolute atomic E-state index is 0.0242. The van der Waals surface area contributed by atoms with Crippen molar-refractivity contribution in [3.63, 3.8) is 0 Å². The minimum atomic E-state index is -0.734. The molecule has 0 aromatic heterocycles. The number of allylic oxidation sites excluding steroid dienone is 1. The molecule has 5 rings (SSSR count). The highest BCUT2D eigenvalue weighted by atomic mass is 16.5. The summed E-state index contributed by atoms with van der Waals surface area (Å²) in [6, 6.07) is 15.2. The Hall–Kier alpha value is -3.44. The Morgan fingerprint density at radius 1 is 0.963 bits per heavy atom. The van der Waals surface area contributed by atoms with Gasteiger partial charge in [0.05, 0.1) is 5.57 Å². The molecule has 2 aliphatic rings. The molecule has 1 heterocycles. The van der Waals surface area contributed by atoms with Gasteiger partial charge in [0.15, 0.2) is 11.5 Å². The fraction of sp³-hybridized carbons (Fsp3) is 0.0909. The number of ketones is 2. The van der Waals surface area contributed by atoms with Gasteiger partial charge in [-0.3, -0.25) is 9.59 Å². The van der Waals surface area contributed by atoms with Gasteiger partial charge in [0.2, 0.25) is 5.78 Å². The zero-order valence-corrected chi connectivity index (χ0v) is 14.4. The van der Waals surface area contributed by atoms with E-state index in [0.29, 0.717) is 22.4 Å². The summed E-state index contributed by atoms with van der Waals surface area (Å²) in [5, 5.41) is 11.3. The lowest BCUT2D eigenvalue weighted by Gasteiger charge is -2.32. The van der Waals surface area contributed by atoms with Crippen molar-refractivity contribution in [3.8, 4) is 11.5 Å². The van der Waals surface area contributed by atoms with E-state index >= 15 is 0 Å². The van der Waals surface area contributed by atoms with Crippen molar-refractivity contribution in [2.45, 2.75) is 6.10 Å². The summed E-state index contributed by atoms with van der Waals surface area (Å²) >= 11 is 0. The molecule has 0 saturated carbocycles. The molecule has 0 saturated heterocycles. The Morgan fingerprint density at radius 2 is 1.70 bits per heavy atom. The number of ether oxygens (including phenoxy) is 2. The Morgan fingerprint density at radius 3 is 2.44 bits per heavy atom. The fourth-order valence-corrected chi connectivity index (χ4v) is 3.88. The van der Waals surface area contributed by atoms with Crippen LogP contribution < -0.4 is 4.74 Å². The van der Waals surface area contributed by atoms with Crippen LogP contribution in [0.1, 0.15) is 32.4 Å². The van der Waals surface area contributed by atoms with Gasteiger partial charge in [-0.15, -0.1) is 0 Å². The largest absolute Gasteiger partial charge is 0.508 e. The van der Waals surface area contributed by atoms with Gasteiger partial charge in [-0.1, -0.05) is 36.4 Å². The van der Waals surface area contributed by atoms with Crippen LogP contribution in [0, 0.1) is 0 Å². The van der Waals surface area contributed by atoms with Crippen LogP contribution in [0.15, 0.2) is 65.9 Å². The van der Waals surface area contributed by atoms with Crippen molar-refractivity contribution >= 4 is 22.3 Å². The maximum atomic E-state index is 13.2. The Balaban J connectivity index is 1.78. The molecule has 1 N–H and O–H groups in total. The summed E-state index contributed by atoms with van der Waals surface area (Å²) in [7, 11) is 1.50. The van der Waals surface area contributed by atoms with Crippen molar-refractivity contribution in [1.29, 1.82) is 0 Å². The summed E-state index contributed by atoms with van der Waals surface area (Å²) < 4.78 is 11.6. The lowest BCUT2D eigenvalue weighted by Crippen LogP contribution is -2.31. The van der Waals surface area contributed by atoms with Gasteiger partial charge in [0.1, 0.15) is 17.6 Å². The zero-order valence-electron chi connectivity index (χ0n) is 14.4. The topological polar surface area (TPSA) is 72.8 Å². The van der Waals surface area contributed by atoms with Crippen LogP contribution in [0.4, 0.5) is 0 Å². The standard InChI is InChI=1S/C22H14O5/c1-26-21-17-13-8-7-12(23)10-11(13)6-9-16(17)27-22-18(21)19(24)14-4-2-3-5-15(14)20(22)25/h2-10,21,23H,1H3. The first-order valence-corrected chi connectivity index (χ1v) is 8.49. The van der Waals surface area contributed by atoms with Crippen molar-refractivity contribution < 1.29 is 24.2 Å². The number of methoxy groups -OCH3 is 1. The maximum Gasteiger partial charge on any atom is 0.229 e. The Labute approximate surface area is 154 Å². The number of hydrogen-bond acceptors (Lipinski definition) is 5. The molecule has 1 atom stereocenters. The number of fused-ring (bicyclic) bond motifs is 4. The van der Waals surface area contributed by atoms with Crippen LogP contribution >= 0.6 is 0 Å². The number of phenols is 1. The summed E-state index contributed by atoms with van der Waals surface area (Å²) in [5.41, 5.74) is 1.59. The minimum Gasteiger partial charge on any atom is -0.508 e. The van der Waals surface area contributed by atoms with E-state index in [1.54, 1.807) is 54.6 Å². The SMILES string of the molecule is COC1C2=C(Oc3ccc4cc(O)ccc4c31)C(=O)c1ccccc1C2=O. The second-order valence-corrected chi connectivity index (χ2v) is 6.55. The van der Waals surface area contributed by atoms with Gasteiger partial charge >= 0.3 is 0 Å². The molecule has 0 bridgehead atoms. The molecule has 0 amide bonds. The van der Waals surface area contributed by atoms with Crippen LogP contribution in [0.3, 0.4) is 0 Å². The van der Waals surface area contributed by atoms with Crippen molar-refractivity contribution in [2.24, 2.45) is 0 Å². The van der Waals surface area contributed by atoms with Crippen molar-refractivity contribution in [3.05, 3.63) is 82.6 Å². The molecule has 5 heteroatoms. The van der Waals surface area contributed by atoms with Gasteiger partial charge in [0, 0.05) is 23.8 Å². The molecule has 27 heavy (non-hydrogen) atoms. The van der Waals surface area contributed by atoms with E-state index < -0.39 is 6.10 Å². The second kappa shape index (κ2) is 5.53. The number of benzene rings is 3. The summed E-state index contributed by atoms with van der Waals surface area (Å²) in [4.78, 5) is 26.1. The molecule has 5 nitrogen and oxygen atoms in total. The van der Waals surface area contributed by atoms with E-state index in [4.69, 9.17) is 9.47 Å². The van der Waals surface area contributed by atoms with Crippen LogP contribution in [0.25, 0.3) is 10.8 Å². The molecule has 1 unspecified atom stereocenters. The Kier molecular flexibility index (Phi) is 3.23.